The average Bonchev–Trinajstić information content (AvgIpc) is 3.49. The third-order valence-electron chi connectivity index (χ3n) is 7.18. The normalized spacial score (nSPS) is 24.9. The van der Waals surface area contributed by atoms with E-state index in [0.29, 0.717) is 39.2 Å². The Bertz CT molecular complexity index is 862. The maximum Gasteiger partial charge on any atom is 0.232 e. The summed E-state index contributed by atoms with van der Waals surface area (Å²) >= 11 is 0. The highest BCUT2D eigenvalue weighted by Crippen LogP contribution is 2.45. The van der Waals surface area contributed by atoms with Gasteiger partial charge in [-0.2, -0.15) is 0 Å². The molecule has 0 aliphatic carbocycles. The van der Waals surface area contributed by atoms with Crippen molar-refractivity contribution in [1.29, 1.82) is 0 Å². The van der Waals surface area contributed by atoms with E-state index in [9.17, 15) is 14.4 Å². The van der Waals surface area contributed by atoms with Gasteiger partial charge in [0.2, 0.25) is 17.7 Å². The van der Waals surface area contributed by atoms with Gasteiger partial charge in [-0.25, -0.2) is 0 Å². The summed E-state index contributed by atoms with van der Waals surface area (Å²) in [6.07, 6.45) is 2.37. The second-order valence-electron chi connectivity index (χ2n) is 9.75. The van der Waals surface area contributed by atoms with E-state index in [1.165, 1.54) is 0 Å². The Hall–Kier alpha value is -2.57. The summed E-state index contributed by atoms with van der Waals surface area (Å²) in [6, 6.07) is 7.62. The number of likely N-dealkylation sites (tertiary alicyclic amines) is 3. The molecule has 174 valence electrons. The number of rotatable bonds is 6. The van der Waals surface area contributed by atoms with Crippen LogP contribution < -0.4 is 4.74 Å². The number of fused-ring (bicyclic) bond motifs is 1. The van der Waals surface area contributed by atoms with Gasteiger partial charge in [0.25, 0.3) is 0 Å². The molecular formula is C25H35N3O4. The molecule has 0 spiro atoms. The fourth-order valence-electron chi connectivity index (χ4n) is 5.48. The first kappa shape index (κ1) is 22.6. The van der Waals surface area contributed by atoms with E-state index >= 15 is 0 Å². The zero-order valence-electron chi connectivity index (χ0n) is 19.5. The molecule has 0 saturated carbocycles. The number of carbonyl (C=O) groups excluding carboxylic acids is 3. The van der Waals surface area contributed by atoms with Gasteiger partial charge in [0.15, 0.2) is 0 Å². The van der Waals surface area contributed by atoms with E-state index in [2.05, 4.69) is 0 Å². The number of hydrogen-bond donors (Lipinski definition) is 0. The Morgan fingerprint density at radius 3 is 2.25 bits per heavy atom. The minimum Gasteiger partial charge on any atom is -0.494 e. The number of ether oxygens (including phenoxy) is 1. The van der Waals surface area contributed by atoms with Crippen molar-refractivity contribution in [2.45, 2.75) is 40.0 Å². The highest BCUT2D eigenvalue weighted by atomic mass is 16.5. The van der Waals surface area contributed by atoms with Gasteiger partial charge in [0, 0.05) is 51.1 Å². The van der Waals surface area contributed by atoms with Gasteiger partial charge in [-0.15, -0.1) is 0 Å². The van der Waals surface area contributed by atoms with Crippen molar-refractivity contribution in [3.05, 3.63) is 29.8 Å². The molecule has 3 fully saturated rings. The van der Waals surface area contributed by atoms with Crippen LogP contribution >= 0.6 is 0 Å². The topological polar surface area (TPSA) is 70.2 Å². The van der Waals surface area contributed by atoms with Gasteiger partial charge in [0.1, 0.15) is 5.75 Å². The number of benzene rings is 1. The third kappa shape index (κ3) is 4.21. The first-order chi connectivity index (χ1) is 15.3. The fourth-order valence-corrected chi connectivity index (χ4v) is 5.48. The van der Waals surface area contributed by atoms with Crippen LogP contribution in [0.1, 0.15) is 39.2 Å². The van der Waals surface area contributed by atoms with Crippen molar-refractivity contribution in [2.24, 2.45) is 17.3 Å². The molecule has 0 unspecified atom stereocenters. The lowest BCUT2D eigenvalue weighted by Crippen LogP contribution is -2.49. The summed E-state index contributed by atoms with van der Waals surface area (Å²) in [6.45, 7) is 9.85. The predicted molar refractivity (Wildman–Crippen MR) is 121 cm³/mol. The number of carbonyl (C=O) groups is 3. The highest BCUT2D eigenvalue weighted by molar-refractivity contribution is 5.89. The molecule has 7 nitrogen and oxygen atoms in total. The second kappa shape index (κ2) is 9.12. The lowest BCUT2D eigenvalue weighted by atomic mass is 9.79. The smallest absolute Gasteiger partial charge is 0.232 e. The van der Waals surface area contributed by atoms with Crippen LogP contribution in [0.3, 0.4) is 0 Å². The molecule has 3 aliphatic heterocycles. The summed E-state index contributed by atoms with van der Waals surface area (Å²) in [5.41, 5.74) is 0.274. The van der Waals surface area contributed by atoms with Crippen molar-refractivity contribution in [2.75, 3.05) is 45.9 Å². The molecule has 0 bridgehead atoms. The molecule has 1 aromatic carbocycles. The predicted octanol–water partition coefficient (Wildman–Crippen LogP) is 2.19. The molecule has 32 heavy (non-hydrogen) atoms. The van der Waals surface area contributed by atoms with Gasteiger partial charge in [-0.3, -0.25) is 14.4 Å². The molecule has 0 radical (unpaired) electrons. The number of nitrogens with zero attached hydrogens (tertiary/aromatic N) is 3. The lowest BCUT2D eigenvalue weighted by Gasteiger charge is -2.32. The van der Waals surface area contributed by atoms with E-state index in [4.69, 9.17) is 4.74 Å². The minimum absolute atomic E-state index is 0.00239. The van der Waals surface area contributed by atoms with E-state index in [1.807, 2.05) is 59.7 Å². The zero-order valence-corrected chi connectivity index (χ0v) is 19.5. The van der Waals surface area contributed by atoms with Crippen LogP contribution in [0.15, 0.2) is 24.3 Å². The lowest BCUT2D eigenvalue weighted by molar-refractivity contribution is -0.142. The maximum atomic E-state index is 13.7. The average molecular weight is 442 g/mol. The summed E-state index contributed by atoms with van der Waals surface area (Å²) in [7, 11) is 0. The van der Waals surface area contributed by atoms with Gasteiger partial charge in [-0.1, -0.05) is 26.0 Å². The summed E-state index contributed by atoms with van der Waals surface area (Å²) in [5, 5.41) is 0. The van der Waals surface area contributed by atoms with Crippen LogP contribution in [0.2, 0.25) is 0 Å². The van der Waals surface area contributed by atoms with Crippen molar-refractivity contribution >= 4 is 17.7 Å². The molecule has 3 heterocycles. The van der Waals surface area contributed by atoms with Crippen LogP contribution in [0.5, 0.6) is 5.75 Å². The molecule has 4 rings (SSSR count). The summed E-state index contributed by atoms with van der Waals surface area (Å²) in [4.78, 5) is 45.2. The zero-order chi connectivity index (χ0) is 22.9. The van der Waals surface area contributed by atoms with Crippen molar-refractivity contribution in [3.8, 4) is 5.75 Å². The standard InChI is InChI=1S/C25H35N3O4/c1-4-32-21-9-7-19(8-10-21)13-22(29)27-14-20-15-28(23(30)18(2)3)17-25(20,16-27)24(31)26-11-5-6-12-26/h7-10,18,20H,4-6,11-17H2,1-3H3/t20-,25-/m1/s1. The largest absolute Gasteiger partial charge is 0.494 e. The second-order valence-corrected chi connectivity index (χ2v) is 9.75. The van der Waals surface area contributed by atoms with E-state index in [0.717, 1.165) is 37.2 Å². The van der Waals surface area contributed by atoms with Crippen LogP contribution in [0.4, 0.5) is 0 Å². The maximum absolute atomic E-state index is 13.7. The quantitative estimate of drug-likeness (QED) is 0.679. The van der Waals surface area contributed by atoms with Gasteiger partial charge in [-0.05, 0) is 37.5 Å². The van der Waals surface area contributed by atoms with Crippen molar-refractivity contribution in [3.63, 3.8) is 0 Å². The molecule has 3 saturated heterocycles. The fraction of sp³-hybridized carbons (Fsp3) is 0.640. The van der Waals surface area contributed by atoms with Crippen LogP contribution in [-0.4, -0.2) is 78.3 Å². The number of hydrogen-bond acceptors (Lipinski definition) is 4. The minimum atomic E-state index is -0.663. The Balaban J connectivity index is 1.49. The highest BCUT2D eigenvalue weighted by Gasteiger charge is 2.60. The molecule has 0 aromatic heterocycles. The first-order valence-electron chi connectivity index (χ1n) is 11.9. The summed E-state index contributed by atoms with van der Waals surface area (Å²) < 4.78 is 5.48. The number of amides is 3. The van der Waals surface area contributed by atoms with Gasteiger partial charge >= 0.3 is 0 Å². The van der Waals surface area contributed by atoms with Crippen molar-refractivity contribution < 1.29 is 19.1 Å². The Morgan fingerprint density at radius 2 is 1.62 bits per heavy atom. The molecule has 2 atom stereocenters. The van der Waals surface area contributed by atoms with Crippen LogP contribution in [0.25, 0.3) is 0 Å². The third-order valence-corrected chi connectivity index (χ3v) is 7.18. The van der Waals surface area contributed by atoms with E-state index < -0.39 is 5.41 Å². The Morgan fingerprint density at radius 1 is 1.00 bits per heavy atom. The molecule has 0 N–H and O–H groups in total. The Labute approximate surface area is 190 Å². The first-order valence-corrected chi connectivity index (χ1v) is 11.9. The van der Waals surface area contributed by atoms with Gasteiger partial charge in [0.05, 0.1) is 18.4 Å². The van der Waals surface area contributed by atoms with E-state index in [-0.39, 0.29) is 29.6 Å². The van der Waals surface area contributed by atoms with Gasteiger partial charge < -0.3 is 19.4 Å². The molecular weight excluding hydrogens is 406 g/mol. The Kier molecular flexibility index (Phi) is 6.45. The summed E-state index contributed by atoms with van der Waals surface area (Å²) in [5.74, 6) is 0.979. The molecule has 7 heteroatoms. The van der Waals surface area contributed by atoms with E-state index in [1.54, 1.807) is 0 Å². The van der Waals surface area contributed by atoms with Crippen molar-refractivity contribution in [1.82, 2.24) is 14.7 Å². The molecule has 1 aromatic rings. The molecule has 3 amide bonds. The van der Waals surface area contributed by atoms with Crippen LogP contribution in [-0.2, 0) is 20.8 Å². The van der Waals surface area contributed by atoms with Crippen LogP contribution in [0, 0.1) is 17.3 Å². The molecule has 3 aliphatic rings. The SMILES string of the molecule is CCOc1ccc(CC(=O)N2C[C@@H]3CN(C(=O)C(C)C)C[C@]3(C(=O)N3CCCC3)C2)cc1. The monoisotopic (exact) mass is 441 g/mol.